The van der Waals surface area contributed by atoms with E-state index in [4.69, 9.17) is 5.11 Å². The lowest BCUT2D eigenvalue weighted by molar-refractivity contribution is -0.382. The first-order valence-electron chi connectivity index (χ1n) is 7.06. The van der Waals surface area contributed by atoms with Crippen molar-refractivity contribution < 1.29 is 67.4 Å². The number of hydrogen-bond donors (Lipinski definition) is 1. The summed E-state index contributed by atoms with van der Waals surface area (Å²) in [6.45, 7) is 3.16. The summed E-state index contributed by atoms with van der Waals surface area (Å²) in [5, 5.41) is 1.45. The smallest absolute Gasteiger partial charge is 0.460 e. The summed E-state index contributed by atoms with van der Waals surface area (Å²) in [5.74, 6) is -17.6. The van der Waals surface area contributed by atoms with Crippen molar-refractivity contribution in [1.29, 1.82) is 0 Å². The molecule has 1 N–H and O–H groups in total. The van der Waals surface area contributed by atoms with Crippen LogP contribution in [0.4, 0.5) is 44.3 Å². The van der Waals surface area contributed by atoms with E-state index in [1.165, 1.54) is 0 Å². The van der Waals surface area contributed by atoms with Crippen LogP contribution in [-0.4, -0.2) is 64.8 Å². The van der Waals surface area contributed by atoms with Gasteiger partial charge >= 0.3 is 45.4 Å². The minimum atomic E-state index is -7.64. The van der Waals surface area contributed by atoms with Crippen LogP contribution < -0.4 is 0 Å². The molecular weight excluding hydrogens is 457 g/mol. The topological polar surface area (TPSA) is 101 Å². The van der Waals surface area contributed by atoms with Crippen molar-refractivity contribution in [3.05, 3.63) is 0 Å². The van der Waals surface area contributed by atoms with E-state index < -0.39 is 61.3 Å². The molecule has 0 radical (unpaired) electrons. The van der Waals surface area contributed by atoms with Crippen molar-refractivity contribution in [2.75, 3.05) is 0 Å². The molecule has 0 spiro atoms. The highest BCUT2D eigenvalue weighted by Crippen LogP contribution is 2.55. The van der Waals surface area contributed by atoms with Gasteiger partial charge in [-0.25, -0.2) is 9.59 Å². The lowest BCUT2D eigenvalue weighted by atomic mass is 10.1. The Hall–Kier alpha value is -1.94. The number of hydrogen-bond acceptors (Lipinski definition) is 5. The normalized spacial score (nSPS) is 15.6. The van der Waals surface area contributed by atoms with Crippen molar-refractivity contribution >= 4 is 22.1 Å². The molecule has 0 bridgehead atoms. The summed E-state index contributed by atoms with van der Waals surface area (Å²) in [6, 6.07) is -2.95. The van der Waals surface area contributed by atoms with Gasteiger partial charge in [-0.05, 0) is 27.7 Å². The molecule has 172 valence electrons. The first kappa shape index (κ1) is 27.1. The van der Waals surface area contributed by atoms with Crippen LogP contribution in [0, 0.1) is 0 Å². The molecule has 0 fully saturated rings. The third-order valence-corrected chi connectivity index (χ3v) is 4.87. The van der Waals surface area contributed by atoms with Gasteiger partial charge in [-0.2, -0.15) is 52.2 Å². The van der Waals surface area contributed by atoms with Gasteiger partial charge in [0.25, 0.3) is 0 Å². The van der Waals surface area contributed by atoms with Crippen molar-refractivity contribution in [1.82, 2.24) is 4.31 Å². The third kappa shape index (κ3) is 4.63. The predicted molar refractivity (Wildman–Crippen MR) is 75.0 cm³/mol. The Morgan fingerprint density at radius 2 is 1.28 bits per heavy atom. The maximum Gasteiger partial charge on any atom is 0.460 e. The minimum absolute atomic E-state index is 0.180. The fourth-order valence-electron chi connectivity index (χ4n) is 1.52. The molecule has 1 amide bonds. The second kappa shape index (κ2) is 7.39. The summed E-state index contributed by atoms with van der Waals surface area (Å²) >= 11 is 0. The number of rotatable bonds is 6. The maximum absolute atomic E-state index is 13.9. The maximum atomic E-state index is 13.9. The number of nitrogens with zero attached hydrogens (tertiary/aromatic N) is 1. The van der Waals surface area contributed by atoms with E-state index in [1.807, 2.05) is 0 Å². The third-order valence-electron chi connectivity index (χ3n) is 2.98. The predicted octanol–water partition coefficient (Wildman–Crippen LogP) is 3.45. The second-order valence-electron chi connectivity index (χ2n) is 6.46. The molecule has 0 aromatic rings. The summed E-state index contributed by atoms with van der Waals surface area (Å²) in [7, 11) is -7.50. The number of halogens is 9. The van der Waals surface area contributed by atoms with Crippen molar-refractivity contribution in [3.8, 4) is 0 Å². The van der Waals surface area contributed by atoms with Gasteiger partial charge in [0.15, 0.2) is 0 Å². The standard InChI is InChI=1S/C12H14F9NO6S/c1-5(6(23)24)22(7(25)28-8(2,3)4)29(26,27)12(20,21)10(15,16)9(13,14)11(17,18)19/h5H,1-4H3,(H,23,24). The first-order chi connectivity index (χ1) is 12.4. The van der Waals surface area contributed by atoms with Crippen molar-refractivity contribution in [3.63, 3.8) is 0 Å². The number of aliphatic carboxylic acids is 1. The summed E-state index contributed by atoms with van der Waals surface area (Å²) in [5.41, 5.74) is -1.74. The zero-order valence-corrected chi connectivity index (χ0v) is 15.6. The molecule has 0 aliphatic rings. The Kier molecular flexibility index (Phi) is 6.90. The zero-order valence-electron chi connectivity index (χ0n) is 14.8. The molecule has 0 rings (SSSR count). The van der Waals surface area contributed by atoms with E-state index in [1.54, 1.807) is 0 Å². The van der Waals surface area contributed by atoms with Gasteiger partial charge in [0.1, 0.15) is 11.6 Å². The highest BCUT2D eigenvalue weighted by atomic mass is 32.2. The second-order valence-corrected chi connectivity index (χ2v) is 8.31. The highest BCUT2D eigenvalue weighted by Gasteiger charge is 2.86. The zero-order chi connectivity index (χ0) is 24.0. The van der Waals surface area contributed by atoms with E-state index in [9.17, 15) is 57.5 Å². The van der Waals surface area contributed by atoms with Gasteiger partial charge in [0, 0.05) is 0 Å². The highest BCUT2D eigenvalue weighted by molar-refractivity contribution is 7.90. The summed E-state index contributed by atoms with van der Waals surface area (Å²) in [4.78, 5) is 22.8. The van der Waals surface area contributed by atoms with Gasteiger partial charge < -0.3 is 9.84 Å². The Labute approximate surface area is 157 Å². The van der Waals surface area contributed by atoms with Gasteiger partial charge in [-0.3, -0.25) is 0 Å². The molecule has 1 unspecified atom stereocenters. The molecule has 0 aromatic carbocycles. The van der Waals surface area contributed by atoms with Gasteiger partial charge in [0.2, 0.25) is 0 Å². The quantitative estimate of drug-likeness (QED) is 0.596. The number of amides is 1. The van der Waals surface area contributed by atoms with Gasteiger partial charge in [0.05, 0.1) is 0 Å². The minimum Gasteiger partial charge on any atom is -0.480 e. The Bertz CT molecular complexity index is 757. The molecule has 0 saturated carbocycles. The van der Waals surface area contributed by atoms with E-state index in [0.29, 0.717) is 0 Å². The number of carboxylic acid groups (broad SMARTS) is 1. The van der Waals surface area contributed by atoms with Crippen LogP contribution in [0.15, 0.2) is 0 Å². The van der Waals surface area contributed by atoms with Crippen LogP contribution in [0.1, 0.15) is 27.7 Å². The fraction of sp³-hybridized carbons (Fsp3) is 0.833. The first-order valence-corrected chi connectivity index (χ1v) is 8.50. The van der Waals surface area contributed by atoms with Crippen LogP contribution >= 0.6 is 0 Å². The fourth-order valence-corrected chi connectivity index (χ4v) is 2.96. The molecule has 0 aliphatic carbocycles. The number of carboxylic acids is 1. The number of carbonyl (C=O) groups is 2. The van der Waals surface area contributed by atoms with Crippen molar-refractivity contribution in [2.24, 2.45) is 0 Å². The van der Waals surface area contributed by atoms with Crippen LogP contribution in [0.5, 0.6) is 0 Å². The average Bonchev–Trinajstić information content (AvgIpc) is 2.42. The summed E-state index contributed by atoms with van der Waals surface area (Å²) < 4.78 is 144. The molecule has 0 aromatic heterocycles. The van der Waals surface area contributed by atoms with Crippen LogP contribution in [0.2, 0.25) is 0 Å². The summed E-state index contributed by atoms with van der Waals surface area (Å²) in [6.07, 6.45) is -9.86. The monoisotopic (exact) mass is 471 g/mol. The Morgan fingerprint density at radius 1 is 0.897 bits per heavy atom. The molecule has 0 saturated heterocycles. The van der Waals surface area contributed by atoms with Crippen LogP contribution in [0.3, 0.4) is 0 Å². The van der Waals surface area contributed by atoms with Crippen molar-refractivity contribution in [2.45, 2.75) is 62.6 Å². The van der Waals surface area contributed by atoms with Crippen LogP contribution in [-0.2, 0) is 19.6 Å². The van der Waals surface area contributed by atoms with E-state index in [2.05, 4.69) is 4.74 Å². The number of sulfonamides is 1. The molecular formula is C12H14F9NO6S. The van der Waals surface area contributed by atoms with E-state index >= 15 is 0 Å². The van der Waals surface area contributed by atoms with E-state index in [-0.39, 0.29) is 6.92 Å². The largest absolute Gasteiger partial charge is 0.480 e. The lowest BCUT2D eigenvalue weighted by Gasteiger charge is -2.36. The number of alkyl halides is 9. The average molecular weight is 471 g/mol. The molecule has 29 heavy (non-hydrogen) atoms. The molecule has 17 heteroatoms. The molecule has 1 atom stereocenters. The Morgan fingerprint density at radius 3 is 1.55 bits per heavy atom. The molecule has 7 nitrogen and oxygen atoms in total. The van der Waals surface area contributed by atoms with Gasteiger partial charge in [-0.1, -0.05) is 0 Å². The Balaban J connectivity index is 6.74. The molecule has 0 heterocycles. The van der Waals surface area contributed by atoms with Crippen LogP contribution in [0.25, 0.3) is 0 Å². The molecule has 0 aliphatic heterocycles. The van der Waals surface area contributed by atoms with E-state index in [0.717, 1.165) is 20.8 Å². The SMILES string of the molecule is CC(C(=O)O)N(C(=O)OC(C)(C)C)S(=O)(=O)C(F)(F)C(F)(F)C(F)(F)C(F)(F)F. The number of carbonyl (C=O) groups excluding carboxylic acids is 1. The number of ether oxygens (including phenoxy) is 1. The lowest BCUT2D eigenvalue weighted by Crippen LogP contribution is -2.67. The van der Waals surface area contributed by atoms with Gasteiger partial charge in [-0.15, -0.1) is 0 Å².